The molecule has 8 heteroatoms. The lowest BCUT2D eigenvalue weighted by Crippen LogP contribution is -2.51. The van der Waals surface area contributed by atoms with Crippen LogP contribution in [0.3, 0.4) is 0 Å². The third kappa shape index (κ3) is 22.4. The number of amides is 1. The van der Waals surface area contributed by atoms with Crippen molar-refractivity contribution in [2.75, 3.05) is 19.7 Å². The first-order valence-electron chi connectivity index (χ1n) is 18.0. The van der Waals surface area contributed by atoms with Gasteiger partial charge in [-0.15, -0.1) is 0 Å². The number of carbonyl (C=O) groups excluding carboxylic acids is 1. The second-order valence-electron chi connectivity index (χ2n) is 12.9. The van der Waals surface area contributed by atoms with Gasteiger partial charge in [0.1, 0.15) is 24.4 Å². The highest BCUT2D eigenvalue weighted by atomic mass is 16.4. The maximum atomic E-state index is 13.2. The normalized spacial score (nSPS) is 16.0. The molecule has 0 saturated carbocycles. The Morgan fingerprint density at radius 2 is 1.02 bits per heavy atom. The minimum Gasteiger partial charge on any atom is -0.394 e. The number of hydrogen-bond acceptors (Lipinski definition) is 7. The van der Waals surface area contributed by atoms with E-state index in [1.54, 1.807) is 4.90 Å². The van der Waals surface area contributed by atoms with Crippen LogP contribution in [0.2, 0.25) is 0 Å². The maximum Gasteiger partial charge on any atom is 0.222 e. The van der Waals surface area contributed by atoms with Crippen LogP contribution < -0.4 is 0 Å². The Kier molecular flexibility index (Phi) is 28.2. The molecule has 0 aromatic heterocycles. The summed E-state index contributed by atoms with van der Waals surface area (Å²) in [5, 5.41) is 60.0. The number of aliphatic hydroxyl groups is 6. The van der Waals surface area contributed by atoms with Gasteiger partial charge < -0.3 is 35.5 Å². The first-order valence-corrected chi connectivity index (χ1v) is 18.0. The predicted octanol–water partition coefficient (Wildman–Crippen LogP) is 5.87. The molecule has 43 heavy (non-hydrogen) atoms. The number of hydrogen-bond donors (Lipinski definition) is 6. The minimum atomic E-state index is -1.72. The van der Waals surface area contributed by atoms with Crippen LogP contribution in [0.25, 0.3) is 0 Å². The van der Waals surface area contributed by atoms with Crippen molar-refractivity contribution in [1.29, 1.82) is 0 Å². The van der Waals surface area contributed by atoms with Gasteiger partial charge >= 0.3 is 0 Å². The molecule has 8 nitrogen and oxygen atoms in total. The maximum absolute atomic E-state index is 13.2. The van der Waals surface area contributed by atoms with Gasteiger partial charge in [-0.05, 0) is 31.6 Å². The Balaban J connectivity index is 4.36. The summed E-state index contributed by atoms with van der Waals surface area (Å²) in [6.07, 6.45) is 17.4. The zero-order valence-corrected chi connectivity index (χ0v) is 28.2. The smallest absolute Gasteiger partial charge is 0.222 e. The molecule has 0 heterocycles. The summed E-state index contributed by atoms with van der Waals surface area (Å²) >= 11 is 0. The molecule has 0 saturated heterocycles. The van der Waals surface area contributed by atoms with E-state index in [0.29, 0.717) is 19.4 Å². The van der Waals surface area contributed by atoms with Crippen molar-refractivity contribution >= 4 is 5.91 Å². The largest absolute Gasteiger partial charge is 0.394 e. The van der Waals surface area contributed by atoms with Gasteiger partial charge in [0.15, 0.2) is 0 Å². The summed E-state index contributed by atoms with van der Waals surface area (Å²) in [6, 6.07) is 0. The molecule has 6 atom stereocenters. The Morgan fingerprint density at radius 3 is 1.51 bits per heavy atom. The number of carbonyl (C=O) groups is 1. The minimum absolute atomic E-state index is 0.151. The van der Waals surface area contributed by atoms with Crippen molar-refractivity contribution in [2.24, 2.45) is 5.92 Å². The van der Waals surface area contributed by atoms with Crippen LogP contribution in [0.15, 0.2) is 0 Å². The molecule has 0 bridgehead atoms. The third-order valence-electron chi connectivity index (χ3n) is 8.93. The van der Waals surface area contributed by atoms with Crippen molar-refractivity contribution in [3.05, 3.63) is 0 Å². The van der Waals surface area contributed by atoms with Crippen molar-refractivity contribution in [3.8, 4) is 0 Å². The highest BCUT2D eigenvalue weighted by molar-refractivity contribution is 5.76. The quantitative estimate of drug-likeness (QED) is 0.0535. The van der Waals surface area contributed by atoms with E-state index >= 15 is 0 Å². The first-order chi connectivity index (χ1) is 20.7. The standard InChI is InChI=1S/C35H71NO7/c1-4-7-9-10-11-12-13-14-15-16-17-18-19-20-23-30(38)24-21-25-33(41)36(26-29(6-3)22-8-5-2)27-31(39)34(42)35(43)32(40)28-37/h29-32,34-35,37-40,42-43H,4-28H2,1-3H3. The fourth-order valence-corrected chi connectivity index (χ4v) is 5.77. The lowest BCUT2D eigenvalue weighted by Gasteiger charge is -2.32. The second-order valence-corrected chi connectivity index (χ2v) is 12.9. The van der Waals surface area contributed by atoms with Crippen LogP contribution in [-0.2, 0) is 4.79 Å². The van der Waals surface area contributed by atoms with Gasteiger partial charge in [-0.3, -0.25) is 4.79 Å². The summed E-state index contributed by atoms with van der Waals surface area (Å²) in [7, 11) is 0. The second kappa shape index (κ2) is 28.7. The zero-order chi connectivity index (χ0) is 32.3. The molecule has 1 amide bonds. The molecule has 0 fully saturated rings. The lowest BCUT2D eigenvalue weighted by molar-refractivity contribution is -0.140. The number of unbranched alkanes of at least 4 members (excludes halogenated alkanes) is 14. The monoisotopic (exact) mass is 618 g/mol. The molecule has 0 aromatic carbocycles. The Bertz CT molecular complexity index is 623. The highest BCUT2D eigenvalue weighted by Gasteiger charge is 2.32. The molecular formula is C35H71NO7. The number of rotatable bonds is 31. The van der Waals surface area contributed by atoms with Crippen LogP contribution in [0.4, 0.5) is 0 Å². The predicted molar refractivity (Wildman–Crippen MR) is 176 cm³/mol. The molecule has 0 aliphatic carbocycles. The van der Waals surface area contributed by atoms with Crippen LogP contribution in [0, 0.1) is 5.92 Å². The molecule has 0 spiro atoms. The summed E-state index contributed by atoms with van der Waals surface area (Å²) in [5.41, 5.74) is 0. The topological polar surface area (TPSA) is 142 Å². The van der Waals surface area contributed by atoms with Gasteiger partial charge in [-0.2, -0.15) is 0 Å². The van der Waals surface area contributed by atoms with E-state index < -0.39 is 37.1 Å². The van der Waals surface area contributed by atoms with Crippen LogP contribution >= 0.6 is 0 Å². The molecule has 0 rings (SSSR count). The lowest BCUT2D eigenvalue weighted by atomic mass is 9.97. The van der Waals surface area contributed by atoms with E-state index in [4.69, 9.17) is 5.11 Å². The van der Waals surface area contributed by atoms with Gasteiger partial charge in [0.2, 0.25) is 5.91 Å². The van der Waals surface area contributed by atoms with E-state index in [1.165, 1.54) is 77.0 Å². The fraction of sp³-hybridized carbons (Fsp3) is 0.971. The van der Waals surface area contributed by atoms with Gasteiger partial charge in [-0.25, -0.2) is 0 Å². The van der Waals surface area contributed by atoms with Gasteiger partial charge in [-0.1, -0.05) is 130 Å². The SMILES string of the molecule is CCCCCCCCCCCCCCCCC(O)CCCC(=O)N(CC(CC)CCCC)CC(O)C(O)C(O)C(O)CO. The molecule has 6 N–H and O–H groups in total. The van der Waals surface area contributed by atoms with Crippen LogP contribution in [-0.4, -0.2) is 91.7 Å². The molecule has 258 valence electrons. The van der Waals surface area contributed by atoms with Crippen molar-refractivity contribution in [1.82, 2.24) is 4.90 Å². The molecular weight excluding hydrogens is 546 g/mol. The van der Waals surface area contributed by atoms with Crippen molar-refractivity contribution in [3.63, 3.8) is 0 Å². The molecule has 0 aliphatic heterocycles. The highest BCUT2D eigenvalue weighted by Crippen LogP contribution is 2.19. The van der Waals surface area contributed by atoms with E-state index in [9.17, 15) is 30.3 Å². The Hall–Kier alpha value is -0.770. The molecule has 6 unspecified atom stereocenters. The van der Waals surface area contributed by atoms with Gasteiger partial charge in [0.25, 0.3) is 0 Å². The summed E-state index contributed by atoms with van der Waals surface area (Å²) < 4.78 is 0. The molecule has 0 aliphatic rings. The molecule has 0 aromatic rings. The number of nitrogens with zero attached hydrogens (tertiary/aromatic N) is 1. The number of aliphatic hydroxyl groups excluding tert-OH is 6. The first kappa shape index (κ1) is 42.2. The van der Waals surface area contributed by atoms with E-state index in [2.05, 4.69) is 20.8 Å². The third-order valence-corrected chi connectivity index (χ3v) is 8.93. The fourth-order valence-electron chi connectivity index (χ4n) is 5.77. The average molecular weight is 618 g/mol. The van der Waals surface area contributed by atoms with E-state index in [0.717, 1.165) is 44.9 Å². The van der Waals surface area contributed by atoms with Crippen molar-refractivity contribution < 1.29 is 35.4 Å². The zero-order valence-electron chi connectivity index (χ0n) is 28.2. The summed E-state index contributed by atoms with van der Waals surface area (Å²) in [4.78, 5) is 14.7. The Morgan fingerprint density at radius 1 is 0.558 bits per heavy atom. The summed E-state index contributed by atoms with van der Waals surface area (Å²) in [5.74, 6) is 0.106. The van der Waals surface area contributed by atoms with Gasteiger partial charge in [0.05, 0.1) is 12.7 Å². The van der Waals surface area contributed by atoms with E-state index in [-0.39, 0.29) is 24.8 Å². The van der Waals surface area contributed by atoms with Crippen LogP contribution in [0.5, 0.6) is 0 Å². The van der Waals surface area contributed by atoms with Gasteiger partial charge in [0, 0.05) is 19.5 Å². The molecule has 0 radical (unpaired) electrons. The van der Waals surface area contributed by atoms with Crippen molar-refractivity contribution in [2.45, 2.75) is 193 Å². The van der Waals surface area contributed by atoms with E-state index in [1.807, 2.05) is 0 Å². The van der Waals surface area contributed by atoms with Crippen LogP contribution in [0.1, 0.15) is 162 Å². The Labute approximate surface area is 264 Å². The average Bonchev–Trinajstić information content (AvgIpc) is 3.01. The summed E-state index contributed by atoms with van der Waals surface area (Å²) in [6.45, 7) is 5.98.